The third-order valence-electron chi connectivity index (χ3n) is 10.9. The first kappa shape index (κ1) is 44.1. The summed E-state index contributed by atoms with van der Waals surface area (Å²) < 4.78 is 8.29. The summed E-state index contributed by atoms with van der Waals surface area (Å²) in [4.78, 5) is 2.05. The van der Waals surface area contributed by atoms with Gasteiger partial charge in [-0.1, -0.05) is 78.9 Å². The van der Waals surface area contributed by atoms with Crippen molar-refractivity contribution in [1.82, 2.24) is 0 Å². The van der Waals surface area contributed by atoms with Crippen molar-refractivity contribution in [2.24, 2.45) is 0 Å². The van der Waals surface area contributed by atoms with Crippen LogP contribution in [-0.4, -0.2) is 17.3 Å². The first-order valence-electron chi connectivity index (χ1n) is 21.4. The van der Waals surface area contributed by atoms with Gasteiger partial charge in [0.25, 0.3) is 0 Å². The number of hydrogen-bond acceptors (Lipinski definition) is 4. The largest absolute Gasteiger partial charge is 0.507 e. The Morgan fingerprint density at radius 1 is 0.547 bits per heavy atom. The first-order valence-corrected chi connectivity index (χ1v) is 21.4. The number of aromatic hydroxyl groups is 2. The summed E-state index contributed by atoms with van der Waals surface area (Å²) in [6.45, 7) is 6.13. The molecule has 7 heteroatoms. The van der Waals surface area contributed by atoms with Crippen molar-refractivity contribution in [1.29, 1.82) is 0 Å². The quantitative estimate of drug-likeness (QED) is 0.0338. The Morgan fingerprint density at radius 3 is 1.62 bits per heavy atom. The molecule has 0 aliphatic carbocycles. The zero-order valence-corrected chi connectivity index (χ0v) is 36.7. The number of allylic oxidation sites excluding steroid dienone is 9. The molecule has 318 valence electrons. The highest BCUT2D eigenvalue weighted by Crippen LogP contribution is 2.33. The van der Waals surface area contributed by atoms with Gasteiger partial charge in [0.15, 0.2) is 12.4 Å². The van der Waals surface area contributed by atoms with Gasteiger partial charge in [-0.05, 0) is 121 Å². The van der Waals surface area contributed by atoms with Crippen LogP contribution in [0.4, 0.5) is 17.1 Å². The van der Waals surface area contributed by atoms with Crippen LogP contribution in [0.5, 0.6) is 23.0 Å². The van der Waals surface area contributed by atoms with E-state index < -0.39 is 0 Å². The van der Waals surface area contributed by atoms with Gasteiger partial charge < -0.3 is 19.8 Å². The lowest BCUT2D eigenvalue weighted by Gasteiger charge is -2.17. The number of anilines is 1. The number of aromatic nitrogens is 1. The smallest absolute Gasteiger partial charge is 0.210 e. The van der Waals surface area contributed by atoms with Gasteiger partial charge in [0.1, 0.15) is 34.4 Å². The van der Waals surface area contributed by atoms with Crippen molar-refractivity contribution in [2.45, 2.75) is 20.8 Å². The fraction of sp³-hybridized carbons (Fsp3) is 0.0702. The van der Waals surface area contributed by atoms with Gasteiger partial charge in [-0.25, -0.2) is 0 Å². The standard InChI is InChI=1S/C57H52N4O3/c1-5-42(43(6-2)31-36-59-49-20-28-56(62)54(40-49)46-14-10-8-11-15-46)30-35-58-48-18-24-52(25-19-48)64-53-26-21-50(22-27-53)61-38-33-45(34-39-61)44(7-3)32-37-60(4)51-23-29-57(63)55(41-51)47-16-12-9-13-17-47/h5-41,58-59H,1-4H3,(H-,62,63)/p+3/b35-30-,36-31-,37-32-,42-5+,43-6+,44-7+. The maximum absolute atomic E-state index is 10.5. The predicted molar refractivity (Wildman–Crippen MR) is 262 cm³/mol. The third kappa shape index (κ3) is 11.5. The number of phenolic OH excluding ortho intramolecular Hbond substituents is 2. The number of nitrogens with zero attached hydrogens (tertiary/aromatic N) is 2. The molecule has 7 nitrogen and oxygen atoms in total. The molecule has 1 heterocycles. The average Bonchev–Trinajstić information content (AvgIpc) is 3.34. The third-order valence-corrected chi connectivity index (χ3v) is 10.9. The van der Waals surface area contributed by atoms with E-state index in [9.17, 15) is 10.2 Å². The first-order chi connectivity index (χ1) is 31.3. The van der Waals surface area contributed by atoms with Crippen LogP contribution in [-0.2, 0) is 0 Å². The molecule has 6 N–H and O–H groups in total. The van der Waals surface area contributed by atoms with Gasteiger partial charge in [-0.3, -0.25) is 10.6 Å². The van der Waals surface area contributed by atoms with Crippen LogP contribution in [0.1, 0.15) is 26.3 Å². The molecule has 0 atom stereocenters. The maximum Gasteiger partial charge on any atom is 0.210 e. The topological polar surface area (TPSA) is 90.0 Å². The molecule has 1 aromatic heterocycles. The van der Waals surface area contributed by atoms with Crippen LogP contribution in [0.3, 0.4) is 0 Å². The monoisotopic (exact) mass is 843 g/mol. The highest BCUT2D eigenvalue weighted by Gasteiger charge is 2.11. The van der Waals surface area contributed by atoms with E-state index in [0.717, 1.165) is 78.8 Å². The second kappa shape index (κ2) is 21.7. The second-order valence-electron chi connectivity index (χ2n) is 15.1. The zero-order chi connectivity index (χ0) is 44.7. The molecule has 0 aliphatic rings. The molecular weight excluding hydrogens is 789 g/mol. The van der Waals surface area contributed by atoms with Crippen LogP contribution >= 0.6 is 0 Å². The summed E-state index contributed by atoms with van der Waals surface area (Å²) in [5, 5.41) is 25.1. The average molecular weight is 844 g/mol. The van der Waals surface area contributed by atoms with Gasteiger partial charge in [-0.2, -0.15) is 4.57 Å². The molecule has 0 saturated heterocycles. The van der Waals surface area contributed by atoms with E-state index in [1.54, 1.807) is 12.1 Å². The van der Waals surface area contributed by atoms with Crippen LogP contribution in [0, 0.1) is 0 Å². The van der Waals surface area contributed by atoms with Gasteiger partial charge in [0.05, 0.1) is 12.4 Å². The van der Waals surface area contributed by atoms with Crippen molar-refractivity contribution < 1.29 is 30.2 Å². The van der Waals surface area contributed by atoms with E-state index in [1.165, 1.54) is 0 Å². The zero-order valence-electron chi connectivity index (χ0n) is 36.7. The highest BCUT2D eigenvalue weighted by atomic mass is 16.5. The number of rotatable bonds is 16. The number of pyridine rings is 1. The summed E-state index contributed by atoms with van der Waals surface area (Å²) in [5.74, 6) is 2.06. The normalized spacial score (nSPS) is 12.4. The summed E-state index contributed by atoms with van der Waals surface area (Å²) in [7, 11) is 2.01. The molecule has 0 unspecified atom stereocenters. The number of hydrogen-bond donors (Lipinski definition) is 4. The van der Waals surface area contributed by atoms with E-state index in [0.29, 0.717) is 0 Å². The SMILES string of the molecule is C/C=C(\C=C/[NH2+]c1ccc(Oc2ccc(-[n+]3ccc(C(/C=C\N(C)c4ccc(O)c(-c5ccccc5)c4)=C/C)cc3)cc2)cc1)C(/C=C\[NH2+]c1ccc(O)c(-c2ccccc2)c1)=C/C. The number of ether oxygens (including phenoxy) is 1. The van der Waals surface area contributed by atoms with Crippen LogP contribution in [0.25, 0.3) is 33.5 Å². The lowest BCUT2D eigenvalue weighted by molar-refractivity contribution is -0.595. The molecular formula is C57H55N4O3+3. The van der Waals surface area contributed by atoms with E-state index in [-0.39, 0.29) is 11.5 Å². The maximum atomic E-state index is 10.5. The summed E-state index contributed by atoms with van der Waals surface area (Å²) in [6.07, 6.45) is 22.9. The minimum absolute atomic E-state index is 0.260. The molecule has 0 amide bonds. The van der Waals surface area contributed by atoms with Gasteiger partial charge in [0.2, 0.25) is 5.69 Å². The Hall–Kier alpha value is -7.97. The molecule has 0 bridgehead atoms. The summed E-state index contributed by atoms with van der Waals surface area (Å²) in [6, 6.07) is 51.6. The lowest BCUT2D eigenvalue weighted by Crippen LogP contribution is -2.71. The van der Waals surface area contributed by atoms with Crippen molar-refractivity contribution >= 4 is 22.6 Å². The van der Waals surface area contributed by atoms with Crippen molar-refractivity contribution in [3.8, 4) is 50.9 Å². The second-order valence-corrected chi connectivity index (χ2v) is 15.1. The summed E-state index contributed by atoms with van der Waals surface area (Å²) in [5.41, 5.74) is 12.1. The van der Waals surface area contributed by atoms with Gasteiger partial charge in [0, 0.05) is 78.6 Å². The molecule has 0 spiro atoms. The molecule has 0 fully saturated rings. The fourth-order valence-electron chi connectivity index (χ4n) is 7.24. The van der Waals surface area contributed by atoms with Crippen molar-refractivity contribution in [3.05, 3.63) is 242 Å². The number of phenols is 2. The van der Waals surface area contributed by atoms with E-state index in [2.05, 4.69) is 112 Å². The molecule has 0 saturated carbocycles. The van der Waals surface area contributed by atoms with Crippen molar-refractivity contribution in [3.63, 3.8) is 0 Å². The fourth-order valence-corrected chi connectivity index (χ4v) is 7.24. The van der Waals surface area contributed by atoms with E-state index >= 15 is 0 Å². The molecule has 0 radical (unpaired) electrons. The van der Waals surface area contributed by atoms with Crippen LogP contribution < -0.4 is 24.8 Å². The van der Waals surface area contributed by atoms with Crippen LogP contribution in [0.15, 0.2) is 236 Å². The minimum atomic E-state index is 0.260. The molecule has 6 aromatic carbocycles. The molecule has 64 heavy (non-hydrogen) atoms. The minimum Gasteiger partial charge on any atom is -0.507 e. The Labute approximate surface area is 376 Å². The predicted octanol–water partition coefficient (Wildman–Crippen LogP) is 11.6. The lowest BCUT2D eigenvalue weighted by atomic mass is 10.0. The molecule has 0 aliphatic heterocycles. The number of quaternary nitrogens is 2. The van der Waals surface area contributed by atoms with Gasteiger partial charge >= 0.3 is 0 Å². The Morgan fingerprint density at radius 2 is 1.06 bits per heavy atom. The Kier molecular flexibility index (Phi) is 15.0. The van der Waals surface area contributed by atoms with E-state index in [1.807, 2.05) is 149 Å². The molecule has 7 aromatic rings. The Balaban J connectivity index is 0.898. The van der Waals surface area contributed by atoms with E-state index in [4.69, 9.17) is 4.74 Å². The van der Waals surface area contributed by atoms with Gasteiger partial charge in [-0.15, -0.1) is 0 Å². The number of nitrogens with two attached hydrogens (primary N) is 2. The van der Waals surface area contributed by atoms with Crippen molar-refractivity contribution in [2.75, 3.05) is 11.9 Å². The summed E-state index contributed by atoms with van der Waals surface area (Å²) >= 11 is 0. The molecule has 7 rings (SSSR count). The highest BCUT2D eigenvalue weighted by molar-refractivity contribution is 5.77. The van der Waals surface area contributed by atoms with Crippen LogP contribution in [0.2, 0.25) is 0 Å². The Bertz CT molecular complexity index is 2820. The number of benzene rings is 6.